The number of hydrogen-bond donors (Lipinski definition) is 0. The van der Waals surface area contributed by atoms with E-state index in [2.05, 4.69) is 36.1 Å². The molecule has 2 aromatic carbocycles. The van der Waals surface area contributed by atoms with E-state index in [9.17, 15) is 8.42 Å². The molecule has 0 unspecified atom stereocenters. The molecule has 0 aromatic heterocycles. The predicted molar refractivity (Wildman–Crippen MR) is 119 cm³/mol. The molecule has 2 aromatic rings. The van der Waals surface area contributed by atoms with Crippen LogP contribution in [0.4, 0.5) is 11.4 Å². The van der Waals surface area contributed by atoms with Gasteiger partial charge in [0.2, 0.25) is 9.84 Å². The fourth-order valence-electron chi connectivity index (χ4n) is 3.65. The van der Waals surface area contributed by atoms with Gasteiger partial charge in [0.1, 0.15) is 0 Å². The van der Waals surface area contributed by atoms with E-state index in [-0.39, 0.29) is 9.79 Å². The minimum atomic E-state index is -3.57. The van der Waals surface area contributed by atoms with Crippen molar-refractivity contribution >= 4 is 21.2 Å². The molecule has 0 spiro atoms. The Morgan fingerprint density at radius 2 is 0.828 bits per heavy atom. The Kier molecular flexibility index (Phi) is 4.71. The molecule has 0 amide bonds. The molecule has 4 rings (SSSR count). The van der Waals surface area contributed by atoms with Gasteiger partial charge in [0.25, 0.3) is 0 Å². The number of hydrogen-bond acceptors (Lipinski definition) is 4. The molecule has 0 aliphatic carbocycles. The highest BCUT2D eigenvalue weighted by molar-refractivity contribution is 7.91. The van der Waals surface area contributed by atoms with E-state index in [1.54, 1.807) is 24.3 Å². The second-order valence-corrected chi connectivity index (χ2v) is 9.57. The summed E-state index contributed by atoms with van der Waals surface area (Å²) in [7, 11) is -3.57. The second-order valence-electron chi connectivity index (χ2n) is 7.62. The van der Waals surface area contributed by atoms with E-state index in [1.807, 2.05) is 24.3 Å². The third-order valence-corrected chi connectivity index (χ3v) is 7.34. The first-order valence-corrected chi connectivity index (χ1v) is 10.9. The molecule has 0 atom stereocenters. The zero-order valence-electron chi connectivity index (χ0n) is 16.4. The van der Waals surface area contributed by atoms with Crippen LogP contribution in [0.2, 0.25) is 0 Å². The van der Waals surface area contributed by atoms with Crippen LogP contribution in [0.3, 0.4) is 0 Å². The second kappa shape index (κ2) is 7.08. The van der Waals surface area contributed by atoms with Gasteiger partial charge in [-0.05, 0) is 70.8 Å². The highest BCUT2D eigenvalue weighted by atomic mass is 32.2. The van der Waals surface area contributed by atoms with Crippen molar-refractivity contribution in [3.8, 4) is 0 Å². The molecule has 2 fully saturated rings. The lowest BCUT2D eigenvalue weighted by Gasteiger charge is -2.18. The van der Waals surface area contributed by atoms with E-state index >= 15 is 0 Å². The first-order valence-electron chi connectivity index (χ1n) is 9.42. The van der Waals surface area contributed by atoms with Crippen LogP contribution in [-0.2, 0) is 9.84 Å². The fourth-order valence-corrected chi connectivity index (χ4v) is 4.91. The van der Waals surface area contributed by atoms with Crippen molar-refractivity contribution in [2.75, 3.05) is 36.0 Å². The van der Waals surface area contributed by atoms with Gasteiger partial charge in [-0.25, -0.2) is 8.42 Å². The van der Waals surface area contributed by atoms with Crippen LogP contribution in [0.25, 0.3) is 0 Å². The third kappa shape index (κ3) is 3.54. The summed E-state index contributed by atoms with van der Waals surface area (Å²) in [5, 5.41) is 0. The lowest BCUT2D eigenvalue weighted by Crippen LogP contribution is -2.18. The van der Waals surface area contributed by atoms with Gasteiger partial charge in [0.05, 0.1) is 9.79 Å². The Balaban J connectivity index is 1.54. The smallest absolute Gasteiger partial charge is 0.206 e. The molecule has 0 saturated carbocycles. The molecule has 0 radical (unpaired) electrons. The number of rotatable bonds is 4. The highest BCUT2D eigenvalue weighted by Crippen LogP contribution is 2.30. The van der Waals surface area contributed by atoms with Crippen molar-refractivity contribution in [1.29, 1.82) is 0 Å². The first kappa shape index (κ1) is 19.3. The zero-order chi connectivity index (χ0) is 20.8. The molecule has 4 nitrogen and oxygen atoms in total. The van der Waals surface area contributed by atoms with Crippen LogP contribution in [0.5, 0.6) is 0 Å². The Morgan fingerprint density at radius 1 is 0.552 bits per heavy atom. The molecule has 2 saturated heterocycles. The van der Waals surface area contributed by atoms with Crippen molar-refractivity contribution in [3.05, 3.63) is 97.1 Å². The molecule has 148 valence electrons. The number of anilines is 2. The van der Waals surface area contributed by atoms with Gasteiger partial charge in [-0.15, -0.1) is 0 Å². The number of sulfone groups is 1. The van der Waals surface area contributed by atoms with E-state index in [0.29, 0.717) is 0 Å². The Morgan fingerprint density at radius 3 is 1.10 bits per heavy atom. The van der Waals surface area contributed by atoms with Crippen LogP contribution in [0, 0.1) is 0 Å². The van der Waals surface area contributed by atoms with Crippen molar-refractivity contribution in [3.63, 3.8) is 0 Å². The standard InChI is InChI=1S/C24H24N2O2S/c1-17-13-25(14-18(17)2)21-5-9-23(10-6-21)29(27,28)24-11-7-22(8-12-24)26-15-19(3)20(4)16-26/h5-12H,1-4,13-16H2. The largest absolute Gasteiger partial charge is 0.363 e. The lowest BCUT2D eigenvalue weighted by molar-refractivity contribution is 0.596. The fraction of sp³-hybridized carbons (Fsp3) is 0.167. The van der Waals surface area contributed by atoms with Gasteiger partial charge in [-0.3, -0.25) is 0 Å². The summed E-state index contributed by atoms with van der Waals surface area (Å²) < 4.78 is 26.0. The topological polar surface area (TPSA) is 40.6 Å². The van der Waals surface area contributed by atoms with Gasteiger partial charge in [-0.2, -0.15) is 0 Å². The number of benzene rings is 2. The van der Waals surface area contributed by atoms with E-state index < -0.39 is 9.84 Å². The maximum absolute atomic E-state index is 13.0. The predicted octanol–water partition coefficient (Wildman–Crippen LogP) is 4.38. The maximum Gasteiger partial charge on any atom is 0.206 e. The van der Waals surface area contributed by atoms with Crippen LogP contribution < -0.4 is 9.80 Å². The van der Waals surface area contributed by atoms with Gasteiger partial charge >= 0.3 is 0 Å². The summed E-state index contributed by atoms with van der Waals surface area (Å²) in [6.45, 7) is 18.9. The Bertz CT molecular complexity index is 1010. The molecular weight excluding hydrogens is 380 g/mol. The molecule has 5 heteroatoms. The lowest BCUT2D eigenvalue weighted by atomic mass is 10.2. The minimum absolute atomic E-state index is 0.286. The quantitative estimate of drug-likeness (QED) is 0.758. The molecule has 0 bridgehead atoms. The molecule has 2 heterocycles. The van der Waals surface area contributed by atoms with Crippen molar-refractivity contribution < 1.29 is 8.42 Å². The summed E-state index contributed by atoms with van der Waals surface area (Å²) in [6.07, 6.45) is 0. The molecular formula is C24H24N2O2S. The van der Waals surface area contributed by atoms with Gasteiger partial charge in [0, 0.05) is 37.6 Å². The Labute approximate surface area is 172 Å². The van der Waals surface area contributed by atoms with Crippen LogP contribution >= 0.6 is 0 Å². The van der Waals surface area contributed by atoms with Gasteiger partial charge in [-0.1, -0.05) is 26.3 Å². The SMILES string of the molecule is C=C1CN(c2ccc(S(=O)(=O)c3ccc(N4CC(=C)C(=C)C4)cc3)cc2)CC1=C. The van der Waals surface area contributed by atoms with Crippen LogP contribution in [0.1, 0.15) is 0 Å². The summed E-state index contributed by atoms with van der Waals surface area (Å²) in [5.74, 6) is 0. The first-order chi connectivity index (χ1) is 13.8. The summed E-state index contributed by atoms with van der Waals surface area (Å²) in [4.78, 5) is 4.84. The monoisotopic (exact) mass is 404 g/mol. The molecule has 29 heavy (non-hydrogen) atoms. The molecule has 2 aliphatic rings. The zero-order valence-corrected chi connectivity index (χ0v) is 17.2. The molecule has 2 aliphatic heterocycles. The van der Waals surface area contributed by atoms with E-state index in [4.69, 9.17) is 0 Å². The average molecular weight is 405 g/mol. The summed E-state index contributed by atoms with van der Waals surface area (Å²) in [6, 6.07) is 14.0. The van der Waals surface area contributed by atoms with Crippen molar-refractivity contribution in [1.82, 2.24) is 0 Å². The highest BCUT2D eigenvalue weighted by Gasteiger charge is 2.23. The third-order valence-electron chi connectivity index (χ3n) is 5.55. The van der Waals surface area contributed by atoms with Gasteiger partial charge < -0.3 is 9.80 Å². The van der Waals surface area contributed by atoms with E-state index in [0.717, 1.165) is 59.8 Å². The summed E-state index contributed by atoms with van der Waals surface area (Å²) in [5.41, 5.74) is 6.01. The van der Waals surface area contributed by atoms with Crippen molar-refractivity contribution in [2.45, 2.75) is 9.79 Å². The summed E-state index contributed by atoms with van der Waals surface area (Å²) >= 11 is 0. The number of nitrogens with zero attached hydrogens (tertiary/aromatic N) is 2. The average Bonchev–Trinajstić information content (AvgIpc) is 3.23. The minimum Gasteiger partial charge on any atom is -0.363 e. The maximum atomic E-state index is 13.0. The van der Waals surface area contributed by atoms with Gasteiger partial charge in [0.15, 0.2) is 0 Å². The molecule has 0 N–H and O–H groups in total. The normalized spacial score (nSPS) is 17.5. The Hall–Kier alpha value is -3.05. The van der Waals surface area contributed by atoms with Crippen LogP contribution in [-0.4, -0.2) is 34.6 Å². The van der Waals surface area contributed by atoms with Crippen molar-refractivity contribution in [2.24, 2.45) is 0 Å². The van der Waals surface area contributed by atoms with Crippen LogP contribution in [0.15, 0.2) is 107 Å². The van der Waals surface area contributed by atoms with E-state index in [1.165, 1.54) is 0 Å².